The average molecular weight is 879 g/mol. The predicted molar refractivity (Wildman–Crippen MR) is 200 cm³/mol. The summed E-state index contributed by atoms with van der Waals surface area (Å²) in [6, 6.07) is 11.9. The van der Waals surface area contributed by atoms with Crippen LogP contribution in [-0.4, -0.2) is 81.7 Å². The number of hydrogen-bond acceptors (Lipinski definition) is 16. The Kier molecular flexibility index (Phi) is 12.1. The van der Waals surface area contributed by atoms with Crippen LogP contribution in [-0.2, 0) is 31.6 Å². The van der Waals surface area contributed by atoms with E-state index in [1.54, 1.807) is 0 Å². The Hall–Kier alpha value is -5.56. The lowest BCUT2D eigenvalue weighted by Gasteiger charge is -2.19. The number of nitrogen functional groups attached to an aromatic ring is 1. The molecule has 1 aromatic heterocycles. The monoisotopic (exact) mass is 878 g/mol. The van der Waals surface area contributed by atoms with Gasteiger partial charge < -0.3 is 55.1 Å². The number of ether oxygens (including phenoxy) is 1. The van der Waals surface area contributed by atoms with Gasteiger partial charge in [-0.1, -0.05) is 11.8 Å². The molecular weight excluding hydrogens is 849 g/mol. The molecule has 0 spiro atoms. The van der Waals surface area contributed by atoms with E-state index in [9.17, 15) is 58.0 Å². The SMILES string of the molecule is Nc1nc(=O)n([C@H]2C[C@H](O)[C@@H](COP(=O)(O)OP(=O)(O)OP(=O)(O)O)O2)cc1C#CCNC(=O)c1ccc(C(=O)O)c(-c2c3ccc(=O)cc-3oc3cc(O)ccc23)c1. The Morgan fingerprint density at radius 1 is 0.983 bits per heavy atom. The summed E-state index contributed by atoms with van der Waals surface area (Å²) < 4.78 is 58.5. The van der Waals surface area contributed by atoms with Crippen LogP contribution >= 0.6 is 23.5 Å². The van der Waals surface area contributed by atoms with Crippen LogP contribution < -0.4 is 22.2 Å². The summed E-state index contributed by atoms with van der Waals surface area (Å²) in [4.78, 5) is 90.5. The molecule has 59 heavy (non-hydrogen) atoms. The number of hydrogen-bond donors (Lipinski definition) is 9. The Bertz CT molecular complexity index is 2810. The smallest absolute Gasteiger partial charge is 0.490 e. The Morgan fingerprint density at radius 2 is 1.73 bits per heavy atom. The number of carbonyl (C=O) groups is 2. The van der Waals surface area contributed by atoms with Gasteiger partial charge in [0.25, 0.3) is 5.91 Å². The lowest BCUT2D eigenvalue weighted by molar-refractivity contribution is -0.0449. The summed E-state index contributed by atoms with van der Waals surface area (Å²) in [5.74, 6) is 2.90. The van der Waals surface area contributed by atoms with Gasteiger partial charge in [0.1, 0.15) is 35.2 Å². The number of aliphatic hydroxyl groups excluding tert-OH is 1. The van der Waals surface area contributed by atoms with E-state index in [0.717, 1.165) is 10.8 Å². The molecule has 0 radical (unpaired) electrons. The van der Waals surface area contributed by atoms with Gasteiger partial charge in [-0.15, -0.1) is 0 Å². The molecule has 2 unspecified atom stereocenters. The number of phosphoric acid groups is 3. The van der Waals surface area contributed by atoms with Crippen molar-refractivity contribution in [3.05, 3.63) is 98.2 Å². The van der Waals surface area contributed by atoms with Gasteiger partial charge in [-0.2, -0.15) is 13.6 Å². The molecule has 2 aliphatic heterocycles. The number of carboxylic acids is 1. The van der Waals surface area contributed by atoms with Crippen molar-refractivity contribution in [1.82, 2.24) is 14.9 Å². The van der Waals surface area contributed by atoms with Crippen LogP contribution in [0.3, 0.4) is 0 Å². The zero-order chi connectivity index (χ0) is 43.0. The molecule has 3 aliphatic rings. The van der Waals surface area contributed by atoms with Gasteiger partial charge in [0.2, 0.25) is 0 Å². The number of aromatic hydroxyl groups is 1. The van der Waals surface area contributed by atoms with Crippen molar-refractivity contribution < 1.29 is 80.5 Å². The first-order chi connectivity index (χ1) is 27.6. The molecule has 10 N–H and O–H groups in total. The quantitative estimate of drug-likeness (QED) is 0.0490. The number of aromatic carboxylic acids is 1. The Balaban J connectivity index is 1.17. The van der Waals surface area contributed by atoms with E-state index in [0.29, 0.717) is 16.5 Å². The minimum atomic E-state index is -5.80. The number of anilines is 1. The van der Waals surface area contributed by atoms with Gasteiger partial charge >= 0.3 is 35.1 Å². The standard InChI is InChI=1S/C33H29N4O19P3/c34-30-17(14-37(33(44)36-30)28-13-24(40)27(54-28)15-52-58(48,49)56-59(50,51)55-57(45,46)47)2-1-9-35-31(41)16-3-6-20(32(42)43)23(10-16)29-21-7-4-18(38)11-25(21)53-26-12-19(39)5-8-22(26)29/h3-8,10-12,14,24,27-28,38,40H,9,13,15H2,(H,35,41)(H,42,43)(H,48,49)(H,50,51)(H2,34,36,44)(H2,45,46,47)/t24-,27+,28+/m0/s1. The molecule has 6 rings (SSSR count). The van der Waals surface area contributed by atoms with Crippen molar-refractivity contribution in [3.63, 3.8) is 0 Å². The lowest BCUT2D eigenvalue weighted by Crippen LogP contribution is -2.29. The third-order valence-electron chi connectivity index (χ3n) is 8.33. The maximum atomic E-state index is 13.3. The number of phosphoric ester groups is 1. The molecular formula is C33H29N4O19P3. The number of phenols is 1. The predicted octanol–water partition coefficient (Wildman–Crippen LogP) is 1.88. The zero-order valence-corrected chi connectivity index (χ0v) is 32.2. The number of rotatable bonds is 12. The average Bonchev–Trinajstić information content (AvgIpc) is 3.49. The van der Waals surface area contributed by atoms with Crippen molar-refractivity contribution in [2.75, 3.05) is 18.9 Å². The van der Waals surface area contributed by atoms with Gasteiger partial charge in [-0.3, -0.25) is 18.7 Å². The number of phenolic OH excluding ortho intramolecular Hbond substituents is 1. The number of nitrogens with one attached hydrogen (secondary N) is 1. The Labute approximate surface area is 329 Å². The van der Waals surface area contributed by atoms with Gasteiger partial charge in [0.05, 0.1) is 30.4 Å². The van der Waals surface area contributed by atoms with Gasteiger partial charge in [0.15, 0.2) is 5.43 Å². The molecule has 1 amide bonds. The maximum absolute atomic E-state index is 13.3. The summed E-state index contributed by atoms with van der Waals surface area (Å²) >= 11 is 0. The highest BCUT2D eigenvalue weighted by atomic mass is 31.3. The molecule has 23 nitrogen and oxygen atoms in total. The van der Waals surface area contributed by atoms with Gasteiger partial charge in [-0.25, -0.2) is 23.3 Å². The van der Waals surface area contributed by atoms with Crippen molar-refractivity contribution in [1.29, 1.82) is 0 Å². The molecule has 310 valence electrons. The fraction of sp³-hybridized carbons (Fsp3) is 0.182. The number of carbonyl (C=O) groups excluding carboxylic acids is 1. The number of nitrogens with two attached hydrogens (primary N) is 1. The summed E-state index contributed by atoms with van der Waals surface area (Å²) in [5.41, 5.74) is 5.24. The topological polar surface area (TPSA) is 367 Å². The van der Waals surface area contributed by atoms with Crippen molar-refractivity contribution in [3.8, 4) is 40.0 Å². The first-order valence-electron chi connectivity index (χ1n) is 16.4. The summed E-state index contributed by atoms with van der Waals surface area (Å²) in [5, 5.41) is 33.5. The minimum absolute atomic E-state index is 0.0160. The number of aromatic nitrogens is 2. The first-order valence-corrected chi connectivity index (χ1v) is 21.0. The minimum Gasteiger partial charge on any atom is -0.508 e. The third-order valence-corrected chi connectivity index (χ3v) is 12.1. The largest absolute Gasteiger partial charge is 0.508 e. The Morgan fingerprint density at radius 3 is 2.44 bits per heavy atom. The van der Waals surface area contributed by atoms with Gasteiger partial charge in [0, 0.05) is 46.8 Å². The number of aliphatic hydroxyl groups is 1. The summed E-state index contributed by atoms with van der Waals surface area (Å²) in [6.45, 7) is -1.30. The molecule has 0 saturated carbocycles. The number of amides is 1. The maximum Gasteiger partial charge on any atom is 0.490 e. The van der Waals surface area contributed by atoms with E-state index in [1.165, 1.54) is 54.6 Å². The van der Waals surface area contributed by atoms with Crippen LogP contribution in [0.15, 0.2) is 74.8 Å². The van der Waals surface area contributed by atoms with Crippen molar-refractivity contribution >= 4 is 52.1 Å². The molecule has 2 aromatic carbocycles. The lowest BCUT2D eigenvalue weighted by atomic mass is 9.89. The molecule has 1 aliphatic carbocycles. The van der Waals surface area contributed by atoms with Crippen molar-refractivity contribution in [2.45, 2.75) is 24.9 Å². The molecule has 5 atom stereocenters. The molecule has 26 heteroatoms. The highest BCUT2D eigenvalue weighted by Gasteiger charge is 2.43. The second kappa shape index (κ2) is 16.6. The van der Waals surface area contributed by atoms with E-state index < -0.39 is 66.1 Å². The summed E-state index contributed by atoms with van der Waals surface area (Å²) in [6.07, 6.45) is -3.43. The number of fused-ring (bicyclic) bond motifs is 2. The molecule has 0 bridgehead atoms. The van der Waals surface area contributed by atoms with E-state index in [-0.39, 0.29) is 63.6 Å². The van der Waals surface area contributed by atoms with E-state index in [2.05, 4.69) is 35.3 Å². The van der Waals surface area contributed by atoms with Crippen LogP contribution in [0.25, 0.3) is 33.4 Å². The van der Waals surface area contributed by atoms with Crippen LogP contribution in [0.5, 0.6) is 5.75 Å². The zero-order valence-electron chi connectivity index (χ0n) is 29.5. The molecule has 1 saturated heterocycles. The highest BCUT2D eigenvalue weighted by Crippen LogP contribution is 2.66. The van der Waals surface area contributed by atoms with Crippen LogP contribution in [0.4, 0.5) is 5.82 Å². The third kappa shape index (κ3) is 10.2. The summed E-state index contributed by atoms with van der Waals surface area (Å²) in [7, 11) is -17.0. The van der Waals surface area contributed by atoms with E-state index >= 15 is 0 Å². The van der Waals surface area contributed by atoms with E-state index in [1.807, 2.05) is 0 Å². The first kappa shape index (κ1) is 43.0. The molecule has 3 aromatic rings. The fourth-order valence-electron chi connectivity index (χ4n) is 5.89. The second-order valence-electron chi connectivity index (χ2n) is 12.4. The molecule has 3 heterocycles. The number of nitrogens with zero attached hydrogens (tertiary/aromatic N) is 2. The highest BCUT2D eigenvalue weighted by molar-refractivity contribution is 7.66. The van der Waals surface area contributed by atoms with Crippen LogP contribution in [0.1, 0.15) is 38.9 Å². The van der Waals surface area contributed by atoms with Gasteiger partial charge in [-0.05, 0) is 48.0 Å². The normalized spacial score (nSPS) is 18.8. The second-order valence-corrected chi connectivity index (χ2v) is 16.8. The van der Waals surface area contributed by atoms with Crippen molar-refractivity contribution in [2.24, 2.45) is 0 Å². The number of benzene rings is 3. The van der Waals surface area contributed by atoms with Crippen LogP contribution in [0.2, 0.25) is 0 Å². The van der Waals surface area contributed by atoms with Crippen LogP contribution in [0, 0.1) is 11.8 Å². The number of carboxylic acid groups (broad SMARTS) is 1. The molecule has 1 fully saturated rings. The fourth-order valence-corrected chi connectivity index (χ4v) is 8.91. The van der Waals surface area contributed by atoms with E-state index in [4.69, 9.17) is 24.7 Å².